The third-order valence-electron chi connectivity index (χ3n) is 3.50. The van der Waals surface area contributed by atoms with E-state index in [1.54, 1.807) is 11.1 Å². The van der Waals surface area contributed by atoms with Crippen LogP contribution in [0.1, 0.15) is 23.5 Å². The molecule has 1 fully saturated rings. The van der Waals surface area contributed by atoms with Crippen LogP contribution in [0.3, 0.4) is 0 Å². The van der Waals surface area contributed by atoms with Gasteiger partial charge in [-0.1, -0.05) is 24.3 Å². The first-order valence-corrected chi connectivity index (χ1v) is 5.16. The van der Waals surface area contributed by atoms with E-state index in [9.17, 15) is 0 Å². The van der Waals surface area contributed by atoms with Crippen LogP contribution >= 0.6 is 0 Å². The molecule has 2 aliphatic rings. The number of nitrogens with zero attached hydrogens (tertiary/aromatic N) is 1. The molecule has 2 unspecified atom stereocenters. The predicted molar refractivity (Wildman–Crippen MR) is 52.9 cm³/mol. The Balaban J connectivity index is 2.06. The second kappa shape index (κ2) is 2.85. The largest absolute Gasteiger partial charge is 0.241 e. The molecule has 3 rings (SSSR count). The molecule has 1 aromatic rings. The first-order chi connectivity index (χ1) is 6.45. The minimum absolute atomic E-state index is 0.755. The molecule has 0 spiro atoms. The van der Waals surface area contributed by atoms with E-state index >= 15 is 0 Å². The third kappa shape index (κ3) is 1.11. The molecule has 1 saturated heterocycles. The van der Waals surface area contributed by atoms with Gasteiger partial charge in [-0.25, -0.2) is 5.32 Å². The Morgan fingerprint density at radius 3 is 3.08 bits per heavy atom. The van der Waals surface area contributed by atoms with Crippen LogP contribution in [0.5, 0.6) is 0 Å². The van der Waals surface area contributed by atoms with Crippen molar-refractivity contribution < 1.29 is 0 Å². The molecule has 1 radical (unpaired) electrons. The molecule has 0 saturated carbocycles. The zero-order valence-electron chi connectivity index (χ0n) is 7.74. The Labute approximate surface area is 79.2 Å². The zero-order chi connectivity index (χ0) is 8.67. The van der Waals surface area contributed by atoms with Crippen LogP contribution in [0, 0.1) is 5.92 Å². The maximum atomic E-state index is 4.53. The Bertz CT molecular complexity index is 319. The van der Waals surface area contributed by atoms with E-state index in [0.717, 1.165) is 24.9 Å². The highest BCUT2D eigenvalue weighted by atomic mass is 14.9. The van der Waals surface area contributed by atoms with Crippen molar-refractivity contribution in [2.24, 2.45) is 5.92 Å². The van der Waals surface area contributed by atoms with Crippen molar-refractivity contribution in [2.75, 3.05) is 13.1 Å². The zero-order valence-corrected chi connectivity index (χ0v) is 7.74. The fourth-order valence-corrected chi connectivity index (χ4v) is 2.77. The van der Waals surface area contributed by atoms with E-state index in [1.807, 2.05) is 0 Å². The van der Waals surface area contributed by atoms with Gasteiger partial charge in [-0.2, -0.15) is 0 Å². The molecular weight excluding hydrogens is 158 g/mol. The van der Waals surface area contributed by atoms with Crippen molar-refractivity contribution in [3.05, 3.63) is 35.4 Å². The summed E-state index contributed by atoms with van der Waals surface area (Å²) in [4.78, 5) is 0. The molecule has 0 amide bonds. The van der Waals surface area contributed by atoms with Crippen molar-refractivity contribution in [2.45, 2.75) is 18.8 Å². The molecule has 1 heterocycles. The van der Waals surface area contributed by atoms with Crippen LogP contribution < -0.4 is 5.32 Å². The summed E-state index contributed by atoms with van der Waals surface area (Å²) in [5.41, 5.74) is 3.15. The van der Waals surface area contributed by atoms with E-state index in [4.69, 9.17) is 0 Å². The number of fused-ring (bicyclic) bond motifs is 3. The molecule has 0 N–H and O–H groups in total. The SMILES string of the molecule is c1ccc2c(c1)CCC1C[N]CC21. The minimum atomic E-state index is 0.755. The Kier molecular flexibility index (Phi) is 1.66. The monoisotopic (exact) mass is 172 g/mol. The van der Waals surface area contributed by atoms with Crippen molar-refractivity contribution in [3.8, 4) is 0 Å². The van der Waals surface area contributed by atoms with Gasteiger partial charge >= 0.3 is 0 Å². The molecule has 1 aliphatic carbocycles. The fraction of sp³-hybridized carbons (Fsp3) is 0.500. The smallest absolute Gasteiger partial charge is 0.0205 e. The summed E-state index contributed by atoms with van der Waals surface area (Å²) in [6.45, 7) is 2.18. The minimum Gasteiger partial charge on any atom is -0.241 e. The normalized spacial score (nSPS) is 31.1. The molecule has 2 atom stereocenters. The van der Waals surface area contributed by atoms with Crippen molar-refractivity contribution in [1.29, 1.82) is 0 Å². The summed E-state index contributed by atoms with van der Waals surface area (Å²) in [6.07, 6.45) is 2.62. The predicted octanol–water partition coefficient (Wildman–Crippen LogP) is 1.95. The van der Waals surface area contributed by atoms with Crippen LogP contribution in [0.4, 0.5) is 0 Å². The highest BCUT2D eigenvalue weighted by molar-refractivity contribution is 5.34. The summed E-state index contributed by atoms with van der Waals surface area (Å²) >= 11 is 0. The number of rotatable bonds is 0. The highest BCUT2D eigenvalue weighted by Gasteiger charge is 2.33. The third-order valence-corrected chi connectivity index (χ3v) is 3.50. The molecule has 1 nitrogen and oxygen atoms in total. The van der Waals surface area contributed by atoms with E-state index in [2.05, 4.69) is 29.6 Å². The van der Waals surface area contributed by atoms with Gasteiger partial charge < -0.3 is 0 Å². The lowest BCUT2D eigenvalue weighted by Gasteiger charge is -2.26. The lowest BCUT2D eigenvalue weighted by Crippen LogP contribution is -2.18. The van der Waals surface area contributed by atoms with Gasteiger partial charge in [-0.3, -0.25) is 0 Å². The highest BCUT2D eigenvalue weighted by Crippen LogP contribution is 2.38. The van der Waals surface area contributed by atoms with Crippen LogP contribution in [-0.2, 0) is 6.42 Å². The van der Waals surface area contributed by atoms with Crippen LogP contribution in [-0.4, -0.2) is 13.1 Å². The van der Waals surface area contributed by atoms with Gasteiger partial charge in [0.25, 0.3) is 0 Å². The number of hydrogen-bond donors (Lipinski definition) is 0. The number of hydrogen-bond acceptors (Lipinski definition) is 0. The summed E-state index contributed by atoms with van der Waals surface area (Å²) in [7, 11) is 0. The van der Waals surface area contributed by atoms with Crippen molar-refractivity contribution in [1.82, 2.24) is 5.32 Å². The van der Waals surface area contributed by atoms with E-state index in [0.29, 0.717) is 0 Å². The van der Waals surface area contributed by atoms with E-state index in [1.165, 1.54) is 12.8 Å². The summed E-state index contributed by atoms with van der Waals surface area (Å²) < 4.78 is 0. The Morgan fingerprint density at radius 1 is 1.15 bits per heavy atom. The lowest BCUT2D eigenvalue weighted by atomic mass is 9.77. The molecule has 0 aromatic heterocycles. The average molecular weight is 172 g/mol. The van der Waals surface area contributed by atoms with Gasteiger partial charge in [0.15, 0.2) is 0 Å². The van der Waals surface area contributed by atoms with Crippen LogP contribution in [0.2, 0.25) is 0 Å². The topological polar surface area (TPSA) is 14.1 Å². The lowest BCUT2D eigenvalue weighted by molar-refractivity contribution is 0.451. The maximum absolute atomic E-state index is 4.53. The molecule has 67 valence electrons. The van der Waals surface area contributed by atoms with Gasteiger partial charge in [0.05, 0.1) is 0 Å². The summed E-state index contributed by atoms with van der Waals surface area (Å²) in [5, 5.41) is 4.53. The molecular formula is C12H14N. The molecule has 1 aromatic carbocycles. The molecule has 1 heteroatoms. The van der Waals surface area contributed by atoms with Crippen LogP contribution in [0.25, 0.3) is 0 Å². The van der Waals surface area contributed by atoms with Gasteiger partial charge in [0, 0.05) is 19.0 Å². The van der Waals surface area contributed by atoms with Crippen LogP contribution in [0.15, 0.2) is 24.3 Å². The standard InChI is InChI=1S/C12H14N/c1-2-4-11-9(3-1)5-6-10-7-13-8-12(10)11/h1-4,10,12H,5-8H2. The molecule has 13 heavy (non-hydrogen) atoms. The van der Waals surface area contributed by atoms with E-state index < -0.39 is 0 Å². The Morgan fingerprint density at radius 2 is 2.08 bits per heavy atom. The molecule has 1 aliphatic heterocycles. The van der Waals surface area contributed by atoms with Gasteiger partial charge in [0.2, 0.25) is 0 Å². The number of benzene rings is 1. The van der Waals surface area contributed by atoms with Crippen molar-refractivity contribution >= 4 is 0 Å². The Hall–Kier alpha value is -0.820. The molecule has 0 bridgehead atoms. The second-order valence-corrected chi connectivity index (χ2v) is 4.19. The van der Waals surface area contributed by atoms with Gasteiger partial charge in [-0.05, 0) is 29.9 Å². The number of aryl methyl sites for hydroxylation is 1. The van der Waals surface area contributed by atoms with Crippen molar-refractivity contribution in [3.63, 3.8) is 0 Å². The average Bonchev–Trinajstić information content (AvgIpc) is 2.65. The quantitative estimate of drug-likeness (QED) is 0.568. The first kappa shape index (κ1) is 7.57. The fourth-order valence-electron chi connectivity index (χ4n) is 2.77. The van der Waals surface area contributed by atoms with Gasteiger partial charge in [-0.15, -0.1) is 0 Å². The van der Waals surface area contributed by atoms with E-state index in [-0.39, 0.29) is 0 Å². The van der Waals surface area contributed by atoms with Gasteiger partial charge in [0.1, 0.15) is 0 Å². The summed E-state index contributed by atoms with van der Waals surface area (Å²) in [6, 6.07) is 8.90. The first-order valence-electron chi connectivity index (χ1n) is 5.16. The maximum Gasteiger partial charge on any atom is 0.0205 e. The second-order valence-electron chi connectivity index (χ2n) is 4.19. The summed E-state index contributed by atoms with van der Waals surface area (Å²) in [5.74, 6) is 1.61.